The van der Waals surface area contributed by atoms with E-state index in [2.05, 4.69) is 25.1 Å². The second kappa shape index (κ2) is 5.78. The van der Waals surface area contributed by atoms with Crippen LogP contribution in [0.5, 0.6) is 0 Å². The average molecular weight is 290 g/mol. The number of nitrogens with zero attached hydrogens (tertiary/aromatic N) is 1. The summed E-state index contributed by atoms with van der Waals surface area (Å²) < 4.78 is 0. The Morgan fingerprint density at radius 2 is 2.25 bits per heavy atom. The van der Waals surface area contributed by atoms with Gasteiger partial charge in [0.15, 0.2) is 0 Å². The number of rotatable bonds is 2. The monoisotopic (exact) mass is 290 g/mol. The Morgan fingerprint density at radius 1 is 1.45 bits per heavy atom. The van der Waals surface area contributed by atoms with E-state index in [1.54, 1.807) is 11.8 Å². The zero-order valence-corrected chi connectivity index (χ0v) is 12.7. The summed E-state index contributed by atoms with van der Waals surface area (Å²) in [5, 5.41) is 0.0687. The fourth-order valence-corrected chi connectivity index (χ4v) is 4.44. The minimum absolute atomic E-state index is 0.0687. The maximum atomic E-state index is 12.7. The van der Waals surface area contributed by atoms with Gasteiger partial charge in [0.1, 0.15) is 0 Å². The zero-order chi connectivity index (χ0) is 14.1. The summed E-state index contributed by atoms with van der Waals surface area (Å²) in [4.78, 5) is 16.0. The number of carbonyl (C=O) groups is 1. The van der Waals surface area contributed by atoms with Crippen molar-refractivity contribution in [1.29, 1.82) is 0 Å². The van der Waals surface area contributed by atoms with Crippen molar-refractivity contribution in [2.75, 3.05) is 13.1 Å². The lowest BCUT2D eigenvalue weighted by Gasteiger charge is -2.35. The molecule has 0 spiro atoms. The first kappa shape index (κ1) is 14.0. The Kier molecular flexibility index (Phi) is 4.03. The van der Waals surface area contributed by atoms with Gasteiger partial charge in [-0.15, -0.1) is 11.8 Å². The molecule has 2 heterocycles. The smallest absolute Gasteiger partial charge is 0.236 e. The van der Waals surface area contributed by atoms with E-state index in [1.807, 2.05) is 11.0 Å². The van der Waals surface area contributed by atoms with Crippen molar-refractivity contribution < 1.29 is 4.79 Å². The second-order valence-electron chi connectivity index (χ2n) is 5.96. The lowest BCUT2D eigenvalue weighted by molar-refractivity contribution is -0.132. The molecule has 2 aliphatic rings. The third-order valence-electron chi connectivity index (χ3n) is 4.44. The third kappa shape index (κ3) is 2.72. The molecule has 0 radical (unpaired) electrons. The maximum absolute atomic E-state index is 12.7. The summed E-state index contributed by atoms with van der Waals surface area (Å²) in [6, 6.07) is 8.54. The average Bonchev–Trinajstić information content (AvgIpc) is 2.90. The van der Waals surface area contributed by atoms with Crippen molar-refractivity contribution in [3.63, 3.8) is 0 Å². The molecule has 2 N–H and O–H groups in total. The summed E-state index contributed by atoms with van der Waals surface area (Å²) in [7, 11) is 0. The molecule has 108 valence electrons. The first-order chi connectivity index (χ1) is 9.65. The summed E-state index contributed by atoms with van der Waals surface area (Å²) in [5.74, 6) is 0.762. The fourth-order valence-electron chi connectivity index (χ4n) is 3.16. The highest BCUT2D eigenvalue weighted by molar-refractivity contribution is 8.01. The number of thioether (sulfide) groups is 1. The second-order valence-corrected chi connectivity index (χ2v) is 7.21. The molecule has 3 atom stereocenters. The van der Waals surface area contributed by atoms with Gasteiger partial charge >= 0.3 is 0 Å². The molecule has 4 heteroatoms. The van der Waals surface area contributed by atoms with Crippen molar-refractivity contribution in [2.45, 2.75) is 42.4 Å². The minimum atomic E-state index is 0.0687. The molecule has 1 aromatic rings. The number of likely N-dealkylation sites (tertiary alicyclic amines) is 1. The van der Waals surface area contributed by atoms with Crippen molar-refractivity contribution >= 4 is 17.7 Å². The van der Waals surface area contributed by atoms with E-state index in [-0.39, 0.29) is 11.3 Å². The number of hydrogen-bond acceptors (Lipinski definition) is 3. The van der Waals surface area contributed by atoms with Crippen LogP contribution in [0.4, 0.5) is 0 Å². The molecule has 1 saturated heterocycles. The predicted molar refractivity (Wildman–Crippen MR) is 82.7 cm³/mol. The van der Waals surface area contributed by atoms with Crippen molar-refractivity contribution in [2.24, 2.45) is 11.7 Å². The number of fused-ring (bicyclic) bond motifs is 1. The van der Waals surface area contributed by atoms with Gasteiger partial charge in [0.2, 0.25) is 5.91 Å². The van der Waals surface area contributed by atoms with Crippen LogP contribution in [-0.4, -0.2) is 35.2 Å². The SMILES string of the molecule is CC(N)C1CCCN(C(=O)C2Cc3ccccc3S2)C1. The Morgan fingerprint density at radius 3 is 3.00 bits per heavy atom. The lowest BCUT2D eigenvalue weighted by Crippen LogP contribution is -2.47. The van der Waals surface area contributed by atoms with Gasteiger partial charge in [-0.3, -0.25) is 4.79 Å². The summed E-state index contributed by atoms with van der Waals surface area (Å²) in [5.41, 5.74) is 7.33. The predicted octanol–water partition coefficient (Wildman–Crippen LogP) is 2.29. The molecular weight excluding hydrogens is 268 g/mol. The first-order valence-electron chi connectivity index (χ1n) is 7.44. The van der Waals surface area contributed by atoms with E-state index >= 15 is 0 Å². The summed E-state index contributed by atoms with van der Waals surface area (Å²) >= 11 is 1.73. The van der Waals surface area contributed by atoms with Gasteiger partial charge in [-0.2, -0.15) is 0 Å². The van der Waals surface area contributed by atoms with Crippen LogP contribution in [0.1, 0.15) is 25.3 Å². The van der Waals surface area contributed by atoms with E-state index in [1.165, 1.54) is 10.5 Å². The molecule has 1 aromatic carbocycles. The largest absolute Gasteiger partial charge is 0.341 e. The van der Waals surface area contributed by atoms with Gasteiger partial charge in [-0.05, 0) is 43.7 Å². The highest BCUT2D eigenvalue weighted by atomic mass is 32.2. The zero-order valence-electron chi connectivity index (χ0n) is 11.9. The quantitative estimate of drug-likeness (QED) is 0.909. The van der Waals surface area contributed by atoms with Gasteiger partial charge in [0.25, 0.3) is 0 Å². The Balaban J connectivity index is 1.66. The van der Waals surface area contributed by atoms with E-state index in [0.717, 1.165) is 32.4 Å². The van der Waals surface area contributed by atoms with Gasteiger partial charge in [-0.25, -0.2) is 0 Å². The topological polar surface area (TPSA) is 46.3 Å². The highest BCUT2D eigenvalue weighted by Crippen LogP contribution is 2.38. The van der Waals surface area contributed by atoms with Crippen molar-refractivity contribution in [3.05, 3.63) is 29.8 Å². The standard InChI is InChI=1S/C16H22N2OS/c1-11(17)13-6-4-8-18(10-13)16(19)15-9-12-5-2-3-7-14(12)20-15/h2-3,5,7,11,13,15H,4,6,8-10,17H2,1H3. The van der Waals surface area contributed by atoms with E-state index in [9.17, 15) is 4.79 Å². The molecule has 1 fully saturated rings. The van der Waals surface area contributed by atoms with Crippen LogP contribution in [0.2, 0.25) is 0 Å². The molecule has 0 saturated carbocycles. The normalized spacial score (nSPS) is 27.2. The van der Waals surface area contributed by atoms with Crippen LogP contribution in [0, 0.1) is 5.92 Å². The molecule has 0 aliphatic carbocycles. The number of piperidine rings is 1. The van der Waals surface area contributed by atoms with Crippen LogP contribution >= 0.6 is 11.8 Å². The van der Waals surface area contributed by atoms with Gasteiger partial charge in [-0.1, -0.05) is 18.2 Å². The van der Waals surface area contributed by atoms with Crippen LogP contribution in [-0.2, 0) is 11.2 Å². The van der Waals surface area contributed by atoms with Crippen LogP contribution in [0.25, 0.3) is 0 Å². The maximum Gasteiger partial charge on any atom is 0.236 e. The molecular formula is C16H22N2OS. The summed E-state index contributed by atoms with van der Waals surface area (Å²) in [6.07, 6.45) is 3.11. The number of carbonyl (C=O) groups excluding carboxylic acids is 1. The Bertz CT molecular complexity index is 478. The highest BCUT2D eigenvalue weighted by Gasteiger charge is 2.34. The molecule has 3 rings (SSSR count). The molecule has 2 aliphatic heterocycles. The van der Waals surface area contributed by atoms with Crippen molar-refractivity contribution in [1.82, 2.24) is 4.90 Å². The Hall–Kier alpha value is -1.00. The molecule has 1 amide bonds. The molecule has 3 nitrogen and oxygen atoms in total. The van der Waals surface area contributed by atoms with E-state index in [0.29, 0.717) is 11.8 Å². The van der Waals surface area contributed by atoms with Crippen LogP contribution < -0.4 is 5.73 Å². The molecule has 20 heavy (non-hydrogen) atoms. The lowest BCUT2D eigenvalue weighted by atomic mass is 9.92. The summed E-state index contributed by atoms with van der Waals surface area (Å²) in [6.45, 7) is 3.79. The number of hydrogen-bond donors (Lipinski definition) is 1. The Labute approximate surface area is 124 Å². The van der Waals surface area contributed by atoms with Crippen molar-refractivity contribution in [3.8, 4) is 0 Å². The number of nitrogens with two attached hydrogens (primary N) is 1. The van der Waals surface area contributed by atoms with Crippen LogP contribution in [0.15, 0.2) is 29.2 Å². The van der Waals surface area contributed by atoms with Crippen LogP contribution in [0.3, 0.4) is 0 Å². The molecule has 0 bridgehead atoms. The first-order valence-corrected chi connectivity index (χ1v) is 8.32. The number of amides is 1. The molecule has 3 unspecified atom stereocenters. The van der Waals surface area contributed by atoms with Gasteiger partial charge in [0.05, 0.1) is 5.25 Å². The third-order valence-corrected chi connectivity index (χ3v) is 5.74. The number of benzene rings is 1. The molecule has 0 aromatic heterocycles. The fraction of sp³-hybridized carbons (Fsp3) is 0.562. The van der Waals surface area contributed by atoms with E-state index < -0.39 is 0 Å². The minimum Gasteiger partial charge on any atom is -0.341 e. The van der Waals surface area contributed by atoms with Gasteiger partial charge < -0.3 is 10.6 Å². The van der Waals surface area contributed by atoms with E-state index in [4.69, 9.17) is 5.73 Å². The van der Waals surface area contributed by atoms with Gasteiger partial charge in [0, 0.05) is 24.0 Å².